The zero-order chi connectivity index (χ0) is 16.4. The van der Waals surface area contributed by atoms with Crippen LogP contribution in [-0.4, -0.2) is 35.6 Å². The highest BCUT2D eigenvalue weighted by Gasteiger charge is 2.31. The first kappa shape index (κ1) is 15.9. The SMILES string of the molecule is Cc1ccc(C(=O)NCCC2SC3=CC(=O)CC=C3N2C)cc1. The summed E-state index contributed by atoms with van der Waals surface area (Å²) in [6.45, 7) is 2.62. The zero-order valence-electron chi connectivity index (χ0n) is 13.3. The third-order valence-electron chi connectivity index (χ3n) is 4.11. The smallest absolute Gasteiger partial charge is 0.251 e. The number of aryl methyl sites for hydroxylation is 1. The average Bonchev–Trinajstić information content (AvgIpc) is 2.83. The monoisotopic (exact) mass is 328 g/mol. The van der Waals surface area contributed by atoms with Gasteiger partial charge in [0.2, 0.25) is 0 Å². The molecular weight excluding hydrogens is 308 g/mol. The highest BCUT2D eigenvalue weighted by molar-refractivity contribution is 8.04. The maximum Gasteiger partial charge on any atom is 0.251 e. The predicted molar refractivity (Wildman–Crippen MR) is 93.1 cm³/mol. The first-order valence-electron chi connectivity index (χ1n) is 7.74. The summed E-state index contributed by atoms with van der Waals surface area (Å²) in [5, 5.41) is 3.23. The van der Waals surface area contributed by atoms with Gasteiger partial charge < -0.3 is 10.2 Å². The van der Waals surface area contributed by atoms with E-state index in [1.54, 1.807) is 17.8 Å². The van der Waals surface area contributed by atoms with Crippen molar-refractivity contribution in [1.82, 2.24) is 10.2 Å². The number of nitrogens with one attached hydrogen (secondary N) is 1. The summed E-state index contributed by atoms with van der Waals surface area (Å²) in [4.78, 5) is 26.8. The standard InChI is InChI=1S/C18H20N2O2S/c1-12-3-5-13(6-4-12)18(22)19-10-9-17-20(2)15-8-7-14(21)11-16(15)23-17/h3-6,8,11,17H,7,9-10H2,1-2H3,(H,19,22). The minimum Gasteiger partial charge on any atom is -0.362 e. The van der Waals surface area contributed by atoms with Crippen molar-refractivity contribution in [2.45, 2.75) is 25.1 Å². The van der Waals surface area contributed by atoms with Crippen molar-refractivity contribution in [2.75, 3.05) is 13.6 Å². The van der Waals surface area contributed by atoms with Gasteiger partial charge in [-0.2, -0.15) is 0 Å². The highest BCUT2D eigenvalue weighted by atomic mass is 32.2. The molecule has 0 saturated carbocycles. The third kappa shape index (κ3) is 3.50. The Labute approximate surface area is 140 Å². The molecule has 0 spiro atoms. The number of nitrogens with zero attached hydrogens (tertiary/aromatic N) is 1. The molecule has 1 heterocycles. The van der Waals surface area contributed by atoms with E-state index in [0.717, 1.165) is 22.6 Å². The first-order valence-corrected chi connectivity index (χ1v) is 8.62. The van der Waals surface area contributed by atoms with Gasteiger partial charge in [0.1, 0.15) is 0 Å². The van der Waals surface area contributed by atoms with E-state index in [2.05, 4.69) is 10.2 Å². The number of carbonyl (C=O) groups excluding carboxylic acids is 2. The van der Waals surface area contributed by atoms with Crippen LogP contribution in [0.5, 0.6) is 0 Å². The molecule has 1 saturated heterocycles. The van der Waals surface area contributed by atoms with E-state index in [4.69, 9.17) is 0 Å². The van der Waals surface area contributed by atoms with Crippen molar-refractivity contribution in [2.24, 2.45) is 0 Å². The summed E-state index contributed by atoms with van der Waals surface area (Å²) < 4.78 is 0. The molecule has 23 heavy (non-hydrogen) atoms. The van der Waals surface area contributed by atoms with Crippen LogP contribution in [0.1, 0.15) is 28.8 Å². The molecule has 1 N–H and O–H groups in total. The molecule has 0 radical (unpaired) electrons. The van der Waals surface area contributed by atoms with Crippen LogP contribution in [0.25, 0.3) is 0 Å². The molecule has 1 amide bonds. The van der Waals surface area contributed by atoms with Gasteiger partial charge in [0.15, 0.2) is 5.78 Å². The maximum absolute atomic E-state index is 12.1. The largest absolute Gasteiger partial charge is 0.362 e. The second-order valence-electron chi connectivity index (χ2n) is 5.86. The van der Waals surface area contributed by atoms with Gasteiger partial charge in [-0.15, -0.1) is 0 Å². The van der Waals surface area contributed by atoms with E-state index >= 15 is 0 Å². The number of allylic oxidation sites excluding steroid dienone is 2. The summed E-state index contributed by atoms with van der Waals surface area (Å²) >= 11 is 1.70. The predicted octanol–water partition coefficient (Wildman–Crippen LogP) is 2.86. The molecule has 1 unspecified atom stereocenters. The number of hydrogen-bond acceptors (Lipinski definition) is 4. The Morgan fingerprint density at radius 2 is 2.09 bits per heavy atom. The molecule has 1 aromatic carbocycles. The topological polar surface area (TPSA) is 49.4 Å². The van der Waals surface area contributed by atoms with Crippen LogP contribution in [0.2, 0.25) is 0 Å². The fraction of sp³-hybridized carbons (Fsp3) is 0.333. The van der Waals surface area contributed by atoms with Gasteiger partial charge in [0.25, 0.3) is 5.91 Å². The molecular formula is C18H20N2O2S. The van der Waals surface area contributed by atoms with Gasteiger partial charge in [0, 0.05) is 36.2 Å². The molecule has 1 aromatic rings. The second-order valence-corrected chi connectivity index (χ2v) is 7.08. The van der Waals surface area contributed by atoms with E-state index in [1.165, 1.54) is 0 Å². The zero-order valence-corrected chi connectivity index (χ0v) is 14.2. The molecule has 5 heteroatoms. The van der Waals surface area contributed by atoms with Gasteiger partial charge >= 0.3 is 0 Å². The minimum atomic E-state index is -0.0401. The summed E-state index contributed by atoms with van der Waals surface area (Å²) in [5.41, 5.74) is 2.97. The summed E-state index contributed by atoms with van der Waals surface area (Å²) in [6.07, 6.45) is 5.05. The van der Waals surface area contributed by atoms with Crippen molar-refractivity contribution in [3.8, 4) is 0 Å². The summed E-state index contributed by atoms with van der Waals surface area (Å²) in [6, 6.07) is 7.57. The number of carbonyl (C=O) groups is 2. The molecule has 120 valence electrons. The maximum atomic E-state index is 12.1. The Morgan fingerprint density at radius 3 is 2.83 bits per heavy atom. The molecule has 1 fully saturated rings. The lowest BCUT2D eigenvalue weighted by Gasteiger charge is -2.21. The van der Waals surface area contributed by atoms with Crippen LogP contribution >= 0.6 is 11.8 Å². The Morgan fingerprint density at radius 1 is 1.35 bits per heavy atom. The quantitative estimate of drug-likeness (QED) is 0.923. The van der Waals surface area contributed by atoms with Crippen molar-refractivity contribution in [1.29, 1.82) is 0 Å². The van der Waals surface area contributed by atoms with Crippen LogP contribution in [0.15, 0.2) is 47.0 Å². The Bertz CT molecular complexity index is 691. The Balaban J connectivity index is 1.53. The van der Waals surface area contributed by atoms with Gasteiger partial charge in [0.05, 0.1) is 5.37 Å². The van der Waals surface area contributed by atoms with E-state index in [-0.39, 0.29) is 17.1 Å². The number of likely N-dealkylation sites (N-methyl/N-ethyl adjacent to an activating group) is 1. The summed E-state index contributed by atoms with van der Waals surface area (Å²) in [7, 11) is 2.04. The minimum absolute atomic E-state index is 0.0401. The van der Waals surface area contributed by atoms with Gasteiger partial charge in [-0.3, -0.25) is 9.59 Å². The van der Waals surface area contributed by atoms with Crippen molar-refractivity contribution >= 4 is 23.5 Å². The number of benzene rings is 1. The molecule has 3 rings (SSSR count). The van der Waals surface area contributed by atoms with E-state index in [0.29, 0.717) is 18.5 Å². The van der Waals surface area contributed by atoms with Crippen LogP contribution in [0, 0.1) is 6.92 Å². The van der Waals surface area contributed by atoms with E-state index in [9.17, 15) is 9.59 Å². The number of hydrogen-bond donors (Lipinski definition) is 1. The molecule has 4 nitrogen and oxygen atoms in total. The second kappa shape index (κ2) is 6.62. The normalized spacial score (nSPS) is 20.0. The van der Waals surface area contributed by atoms with Gasteiger partial charge in [-0.05, 0) is 31.6 Å². The fourth-order valence-electron chi connectivity index (χ4n) is 2.74. The highest BCUT2D eigenvalue weighted by Crippen LogP contribution is 2.43. The number of amides is 1. The lowest BCUT2D eigenvalue weighted by Crippen LogP contribution is -2.30. The number of thioether (sulfide) groups is 1. The van der Waals surface area contributed by atoms with Crippen LogP contribution in [-0.2, 0) is 4.79 Å². The number of fused-ring (bicyclic) bond motifs is 1. The van der Waals surface area contributed by atoms with Crippen LogP contribution < -0.4 is 5.32 Å². The van der Waals surface area contributed by atoms with Crippen LogP contribution in [0.3, 0.4) is 0 Å². The average molecular weight is 328 g/mol. The lowest BCUT2D eigenvalue weighted by molar-refractivity contribution is -0.114. The molecule has 1 atom stereocenters. The molecule has 0 aromatic heterocycles. The van der Waals surface area contributed by atoms with Crippen molar-refractivity contribution in [3.05, 3.63) is 58.1 Å². The van der Waals surface area contributed by atoms with Gasteiger partial charge in [-0.25, -0.2) is 0 Å². The Hall–Kier alpha value is -2.01. The van der Waals surface area contributed by atoms with E-state index in [1.807, 2.05) is 44.3 Å². The van der Waals surface area contributed by atoms with Crippen LogP contribution in [0.4, 0.5) is 0 Å². The molecule has 0 bridgehead atoms. The van der Waals surface area contributed by atoms with Gasteiger partial charge in [-0.1, -0.05) is 35.5 Å². The fourth-order valence-corrected chi connectivity index (χ4v) is 4.09. The number of ketones is 1. The van der Waals surface area contributed by atoms with E-state index < -0.39 is 0 Å². The molecule has 2 aliphatic rings. The molecule has 1 aliphatic heterocycles. The number of rotatable bonds is 4. The third-order valence-corrected chi connectivity index (χ3v) is 5.51. The first-order chi connectivity index (χ1) is 11.0. The van der Waals surface area contributed by atoms with Crippen molar-refractivity contribution in [3.63, 3.8) is 0 Å². The van der Waals surface area contributed by atoms with Crippen molar-refractivity contribution < 1.29 is 9.59 Å². The lowest BCUT2D eigenvalue weighted by atomic mass is 10.1. The molecule has 1 aliphatic carbocycles. The Kier molecular flexibility index (Phi) is 4.57. The summed E-state index contributed by atoms with van der Waals surface area (Å²) in [5.74, 6) is 0.125.